The third-order valence-electron chi connectivity index (χ3n) is 3.54. The molecule has 2 aromatic heterocycles. The SMILES string of the molecule is Cc1c(C(=O)O)sc2nc(C3CCCC3)cn12. The molecule has 0 atom stereocenters. The number of hydrogen-bond donors (Lipinski definition) is 1. The number of aryl methyl sites for hydroxylation is 1. The number of carbonyl (C=O) groups is 1. The van der Waals surface area contributed by atoms with Gasteiger partial charge in [-0.2, -0.15) is 0 Å². The highest BCUT2D eigenvalue weighted by Gasteiger charge is 2.22. The summed E-state index contributed by atoms with van der Waals surface area (Å²) in [5, 5.41) is 9.04. The van der Waals surface area contributed by atoms with Gasteiger partial charge in [-0.3, -0.25) is 4.40 Å². The van der Waals surface area contributed by atoms with E-state index in [1.807, 2.05) is 17.5 Å². The molecule has 5 heteroatoms. The molecule has 90 valence electrons. The van der Waals surface area contributed by atoms with E-state index >= 15 is 0 Å². The summed E-state index contributed by atoms with van der Waals surface area (Å²) in [5.41, 5.74) is 1.92. The highest BCUT2D eigenvalue weighted by atomic mass is 32.1. The lowest BCUT2D eigenvalue weighted by Gasteiger charge is -2.02. The Morgan fingerprint density at radius 2 is 2.24 bits per heavy atom. The van der Waals surface area contributed by atoms with Crippen LogP contribution in [0.1, 0.15) is 52.7 Å². The number of aromatic carboxylic acids is 1. The van der Waals surface area contributed by atoms with E-state index in [0.29, 0.717) is 10.8 Å². The quantitative estimate of drug-likeness (QED) is 0.891. The lowest BCUT2D eigenvalue weighted by Crippen LogP contribution is -1.97. The molecule has 17 heavy (non-hydrogen) atoms. The molecule has 1 fully saturated rings. The molecule has 0 spiro atoms. The number of aromatic nitrogens is 2. The molecule has 1 N–H and O–H groups in total. The molecule has 1 saturated carbocycles. The summed E-state index contributed by atoms with van der Waals surface area (Å²) in [6.45, 7) is 1.84. The smallest absolute Gasteiger partial charge is 0.347 e. The number of thiazole rings is 1. The van der Waals surface area contributed by atoms with Crippen LogP contribution in [-0.2, 0) is 0 Å². The zero-order valence-electron chi connectivity index (χ0n) is 9.64. The standard InChI is InChI=1S/C12H14N2O2S/c1-7-10(11(15)16)17-12-13-9(6-14(7)12)8-4-2-3-5-8/h6,8H,2-5H2,1H3,(H,15,16). The van der Waals surface area contributed by atoms with Crippen LogP contribution in [0.2, 0.25) is 0 Å². The van der Waals surface area contributed by atoms with Crippen LogP contribution in [0, 0.1) is 6.92 Å². The van der Waals surface area contributed by atoms with Crippen LogP contribution in [0.3, 0.4) is 0 Å². The number of nitrogens with zero attached hydrogens (tertiary/aromatic N) is 2. The van der Waals surface area contributed by atoms with Crippen molar-refractivity contribution in [1.29, 1.82) is 0 Å². The Hall–Kier alpha value is -1.36. The van der Waals surface area contributed by atoms with E-state index in [2.05, 4.69) is 4.98 Å². The maximum atomic E-state index is 11.0. The molecular formula is C12H14N2O2S. The van der Waals surface area contributed by atoms with Gasteiger partial charge in [-0.1, -0.05) is 24.2 Å². The molecule has 2 aromatic rings. The Morgan fingerprint density at radius 3 is 2.82 bits per heavy atom. The maximum absolute atomic E-state index is 11.0. The molecule has 0 bridgehead atoms. The fraction of sp³-hybridized carbons (Fsp3) is 0.500. The minimum absolute atomic E-state index is 0.394. The maximum Gasteiger partial charge on any atom is 0.347 e. The zero-order chi connectivity index (χ0) is 12.0. The van der Waals surface area contributed by atoms with Crippen LogP contribution in [0.5, 0.6) is 0 Å². The minimum Gasteiger partial charge on any atom is -0.477 e. The second-order valence-electron chi connectivity index (χ2n) is 4.62. The van der Waals surface area contributed by atoms with Gasteiger partial charge in [0.15, 0.2) is 4.96 Å². The zero-order valence-corrected chi connectivity index (χ0v) is 10.5. The highest BCUT2D eigenvalue weighted by molar-refractivity contribution is 7.18. The molecule has 0 aromatic carbocycles. The number of carboxylic acid groups (broad SMARTS) is 1. The second-order valence-corrected chi connectivity index (χ2v) is 5.60. The highest BCUT2D eigenvalue weighted by Crippen LogP contribution is 2.35. The van der Waals surface area contributed by atoms with Crippen molar-refractivity contribution in [3.63, 3.8) is 0 Å². The van der Waals surface area contributed by atoms with E-state index in [9.17, 15) is 4.79 Å². The van der Waals surface area contributed by atoms with Crippen molar-refractivity contribution in [2.24, 2.45) is 0 Å². The largest absolute Gasteiger partial charge is 0.477 e. The van der Waals surface area contributed by atoms with E-state index < -0.39 is 5.97 Å². The van der Waals surface area contributed by atoms with Crippen molar-refractivity contribution in [2.45, 2.75) is 38.5 Å². The van der Waals surface area contributed by atoms with Crippen molar-refractivity contribution < 1.29 is 9.90 Å². The van der Waals surface area contributed by atoms with E-state index in [4.69, 9.17) is 5.11 Å². The summed E-state index contributed by atoms with van der Waals surface area (Å²) in [6, 6.07) is 0. The number of hydrogen-bond acceptors (Lipinski definition) is 3. The Labute approximate surface area is 103 Å². The van der Waals surface area contributed by atoms with Gasteiger partial charge in [0.2, 0.25) is 0 Å². The fourth-order valence-corrected chi connectivity index (χ4v) is 3.54. The molecule has 1 aliphatic carbocycles. The average molecular weight is 250 g/mol. The molecule has 3 rings (SSSR count). The molecule has 2 heterocycles. The third-order valence-corrected chi connectivity index (χ3v) is 4.69. The number of fused-ring (bicyclic) bond motifs is 1. The van der Waals surface area contributed by atoms with Gasteiger partial charge in [-0.15, -0.1) is 0 Å². The first-order valence-electron chi connectivity index (χ1n) is 5.88. The first-order chi connectivity index (χ1) is 8.16. The van der Waals surface area contributed by atoms with E-state index in [0.717, 1.165) is 16.3 Å². The third kappa shape index (κ3) is 1.65. The average Bonchev–Trinajstić information content (AvgIpc) is 2.94. The lowest BCUT2D eigenvalue weighted by molar-refractivity contribution is 0.0701. The predicted octanol–water partition coefficient (Wildman–Crippen LogP) is 3.06. The molecule has 0 aliphatic heterocycles. The van der Waals surface area contributed by atoms with Gasteiger partial charge < -0.3 is 5.11 Å². The van der Waals surface area contributed by atoms with E-state index in [1.54, 1.807) is 0 Å². The van der Waals surface area contributed by atoms with Crippen LogP contribution in [0.4, 0.5) is 0 Å². The van der Waals surface area contributed by atoms with Gasteiger partial charge in [0.05, 0.1) is 5.69 Å². The summed E-state index contributed by atoms with van der Waals surface area (Å²) in [5.74, 6) is -0.282. The molecular weight excluding hydrogens is 236 g/mol. The number of imidazole rings is 1. The summed E-state index contributed by atoms with van der Waals surface area (Å²) in [6.07, 6.45) is 7.03. The molecule has 4 nitrogen and oxygen atoms in total. The summed E-state index contributed by atoms with van der Waals surface area (Å²) in [7, 11) is 0. The Kier molecular flexibility index (Phi) is 2.43. The summed E-state index contributed by atoms with van der Waals surface area (Å²) in [4.78, 5) is 16.8. The second kappa shape index (κ2) is 3.84. The monoisotopic (exact) mass is 250 g/mol. The van der Waals surface area contributed by atoms with Crippen LogP contribution >= 0.6 is 11.3 Å². The Balaban J connectivity index is 2.05. The molecule has 0 unspecified atom stereocenters. The van der Waals surface area contributed by atoms with Crippen LogP contribution in [-0.4, -0.2) is 20.5 Å². The summed E-state index contributed by atoms with van der Waals surface area (Å²) < 4.78 is 1.92. The normalized spacial score (nSPS) is 17.0. The van der Waals surface area contributed by atoms with Gasteiger partial charge in [-0.25, -0.2) is 9.78 Å². The van der Waals surface area contributed by atoms with E-state index in [-0.39, 0.29) is 0 Å². The van der Waals surface area contributed by atoms with Gasteiger partial charge in [0.1, 0.15) is 4.88 Å². The van der Waals surface area contributed by atoms with E-state index in [1.165, 1.54) is 37.0 Å². The van der Waals surface area contributed by atoms with Crippen LogP contribution in [0.15, 0.2) is 6.20 Å². The minimum atomic E-state index is -0.861. The predicted molar refractivity (Wildman–Crippen MR) is 66.0 cm³/mol. The lowest BCUT2D eigenvalue weighted by atomic mass is 10.1. The van der Waals surface area contributed by atoms with Crippen molar-refractivity contribution in [1.82, 2.24) is 9.38 Å². The van der Waals surface area contributed by atoms with Gasteiger partial charge >= 0.3 is 5.97 Å². The van der Waals surface area contributed by atoms with Crippen molar-refractivity contribution in [3.8, 4) is 0 Å². The van der Waals surface area contributed by atoms with Gasteiger partial charge in [0, 0.05) is 17.8 Å². The Morgan fingerprint density at radius 1 is 1.53 bits per heavy atom. The molecule has 0 amide bonds. The Bertz CT molecular complexity index is 579. The first-order valence-corrected chi connectivity index (χ1v) is 6.70. The van der Waals surface area contributed by atoms with Gasteiger partial charge in [0.25, 0.3) is 0 Å². The summed E-state index contributed by atoms with van der Waals surface area (Å²) >= 11 is 1.26. The molecule has 1 aliphatic rings. The first kappa shape index (κ1) is 10.8. The van der Waals surface area contributed by atoms with Crippen LogP contribution < -0.4 is 0 Å². The van der Waals surface area contributed by atoms with Crippen molar-refractivity contribution in [3.05, 3.63) is 22.5 Å². The van der Waals surface area contributed by atoms with Crippen LogP contribution in [0.25, 0.3) is 4.96 Å². The van der Waals surface area contributed by atoms with Gasteiger partial charge in [-0.05, 0) is 19.8 Å². The topological polar surface area (TPSA) is 54.6 Å². The van der Waals surface area contributed by atoms with Crippen molar-refractivity contribution in [2.75, 3.05) is 0 Å². The number of rotatable bonds is 2. The molecule has 0 radical (unpaired) electrons. The number of carboxylic acids is 1. The molecule has 0 saturated heterocycles. The fourth-order valence-electron chi connectivity index (χ4n) is 2.58. The van der Waals surface area contributed by atoms with Crippen molar-refractivity contribution >= 4 is 22.3 Å².